The van der Waals surface area contributed by atoms with Crippen molar-refractivity contribution in [3.05, 3.63) is 59.0 Å². The van der Waals surface area contributed by atoms with E-state index in [4.69, 9.17) is 4.74 Å². The zero-order valence-corrected chi connectivity index (χ0v) is 23.0. The van der Waals surface area contributed by atoms with Crippen LogP contribution in [0.25, 0.3) is 26.8 Å². The van der Waals surface area contributed by atoms with E-state index >= 15 is 0 Å². The Labute approximate surface area is 236 Å². The van der Waals surface area contributed by atoms with Gasteiger partial charge in [-0.1, -0.05) is 18.2 Å². The Kier molecular flexibility index (Phi) is 8.51. The van der Waals surface area contributed by atoms with Crippen molar-refractivity contribution < 1.29 is 30.0 Å². The van der Waals surface area contributed by atoms with Crippen LogP contribution in [0.3, 0.4) is 0 Å². The van der Waals surface area contributed by atoms with Crippen molar-refractivity contribution in [3.63, 3.8) is 0 Å². The van der Waals surface area contributed by atoms with E-state index in [9.17, 15) is 30.5 Å². The zero-order valence-electron chi connectivity index (χ0n) is 22.2. The molecule has 5 rings (SSSR count). The normalized spacial score (nSPS) is 25.8. The maximum atomic E-state index is 13.0. The number of amides is 1. The topological polar surface area (TPSA) is 146 Å². The Morgan fingerprint density at radius 2 is 1.77 bits per heavy atom. The molecule has 1 unspecified atom stereocenters. The van der Waals surface area contributed by atoms with Crippen LogP contribution >= 0.6 is 11.3 Å². The Morgan fingerprint density at radius 3 is 2.50 bits per heavy atom. The predicted molar refractivity (Wildman–Crippen MR) is 153 cm³/mol. The molecule has 2 aromatic carbocycles. The molecule has 2 saturated heterocycles. The maximum Gasteiger partial charge on any atom is 0.262 e. The number of piperidine rings is 1. The number of aliphatic hydroxyl groups excluding tert-OH is 4. The third-order valence-corrected chi connectivity index (χ3v) is 8.97. The number of carbonyl (C=O) groups excluding carboxylic acids is 1. The molecule has 3 aromatic rings. The van der Waals surface area contributed by atoms with Crippen LogP contribution in [0.5, 0.6) is 0 Å². The van der Waals surface area contributed by atoms with E-state index in [0.29, 0.717) is 5.57 Å². The Balaban J connectivity index is 1.34. The van der Waals surface area contributed by atoms with E-state index in [2.05, 4.69) is 46.6 Å². The van der Waals surface area contributed by atoms with Crippen LogP contribution in [-0.4, -0.2) is 76.7 Å². The highest BCUT2D eigenvalue weighted by atomic mass is 32.1. The molecule has 3 heterocycles. The third kappa shape index (κ3) is 5.63. The molecule has 1 aromatic heterocycles. The molecule has 10 heteroatoms. The van der Waals surface area contributed by atoms with Crippen LogP contribution in [0.4, 0.5) is 5.69 Å². The van der Waals surface area contributed by atoms with Gasteiger partial charge in [-0.05, 0) is 78.4 Å². The number of ether oxygens (including phenoxy) is 1. The van der Waals surface area contributed by atoms with Crippen LogP contribution in [0.15, 0.2) is 54.1 Å². The molecule has 210 valence electrons. The number of anilines is 1. The van der Waals surface area contributed by atoms with Gasteiger partial charge in [-0.3, -0.25) is 4.79 Å². The fourth-order valence-electron chi connectivity index (χ4n) is 5.33. The molecule has 0 saturated carbocycles. The summed E-state index contributed by atoms with van der Waals surface area (Å²) < 4.78 is 5.09. The number of nitriles is 1. The maximum absolute atomic E-state index is 13.0. The molecule has 0 radical (unpaired) electrons. The third-order valence-electron chi connectivity index (χ3n) is 7.72. The number of thiophene rings is 1. The van der Waals surface area contributed by atoms with Crippen molar-refractivity contribution in [2.45, 2.75) is 56.8 Å². The van der Waals surface area contributed by atoms with Gasteiger partial charge in [-0.25, -0.2) is 0 Å². The average Bonchev–Trinajstić information content (AvgIpc) is 3.48. The quantitative estimate of drug-likeness (QED) is 0.227. The lowest BCUT2D eigenvalue weighted by Crippen LogP contribution is -2.64. The standard InChI is InChI=1S/C30H33N3O6S/c1-17(22(15-31)29(37)32-26-28(36)27(35)23(16-34)39-30(26)38)24-9-10-25(40-24)20-6-5-19-14-21(8-7-18(19)13-20)33-11-3-2-4-12-33/h5-10,13-14,23,26-28,30,34-36,38H,2-4,11-12,16H2,1H3,(H,32,37)/b22-17+/t23-,26-,27-,28-,30?/m1/s1. The Morgan fingerprint density at radius 1 is 1.05 bits per heavy atom. The molecule has 2 aliphatic heterocycles. The molecule has 9 nitrogen and oxygen atoms in total. The minimum absolute atomic E-state index is 0.185. The van der Waals surface area contributed by atoms with Crippen LogP contribution < -0.4 is 10.2 Å². The monoisotopic (exact) mass is 563 g/mol. The molecule has 5 N–H and O–H groups in total. The number of aliphatic hydroxyl groups is 4. The van der Waals surface area contributed by atoms with E-state index in [0.717, 1.165) is 33.8 Å². The van der Waals surface area contributed by atoms with Gasteiger partial charge in [-0.15, -0.1) is 11.3 Å². The van der Waals surface area contributed by atoms with Gasteiger partial charge >= 0.3 is 0 Å². The van der Waals surface area contributed by atoms with E-state index in [-0.39, 0.29) is 5.57 Å². The van der Waals surface area contributed by atoms with Gasteiger partial charge in [0.05, 0.1) is 6.61 Å². The molecule has 5 atom stereocenters. The number of fused-ring (bicyclic) bond motifs is 1. The first-order valence-corrected chi connectivity index (χ1v) is 14.2. The molecule has 2 fully saturated rings. The first-order chi connectivity index (χ1) is 19.3. The van der Waals surface area contributed by atoms with Gasteiger partial charge < -0.3 is 35.4 Å². The number of carbonyl (C=O) groups is 1. The summed E-state index contributed by atoms with van der Waals surface area (Å²) in [6, 6.07) is 17.2. The fourth-order valence-corrected chi connectivity index (χ4v) is 6.34. The number of rotatable bonds is 6. The Hall–Kier alpha value is -3.30. The summed E-state index contributed by atoms with van der Waals surface area (Å²) in [4.78, 5) is 17.1. The van der Waals surface area contributed by atoms with Crippen LogP contribution in [-0.2, 0) is 9.53 Å². The highest BCUT2D eigenvalue weighted by molar-refractivity contribution is 7.16. The lowest BCUT2D eigenvalue weighted by atomic mass is 9.96. The van der Waals surface area contributed by atoms with Gasteiger partial charge in [0, 0.05) is 28.5 Å². The van der Waals surface area contributed by atoms with Crippen LogP contribution in [0.2, 0.25) is 0 Å². The molecule has 0 bridgehead atoms. The van der Waals surface area contributed by atoms with Gasteiger partial charge in [0.1, 0.15) is 36.0 Å². The minimum atomic E-state index is -1.67. The molecule has 40 heavy (non-hydrogen) atoms. The summed E-state index contributed by atoms with van der Waals surface area (Å²) in [5.74, 6) is -0.813. The lowest BCUT2D eigenvalue weighted by Gasteiger charge is -2.40. The summed E-state index contributed by atoms with van der Waals surface area (Å²) in [5, 5.41) is 54.3. The van der Waals surface area contributed by atoms with Crippen molar-refractivity contribution >= 4 is 39.3 Å². The van der Waals surface area contributed by atoms with E-state index in [1.165, 1.54) is 41.7 Å². The Bertz CT molecular complexity index is 1460. The summed E-state index contributed by atoms with van der Waals surface area (Å²) >= 11 is 1.45. The van der Waals surface area contributed by atoms with Gasteiger partial charge in [0.25, 0.3) is 5.91 Å². The van der Waals surface area contributed by atoms with Crippen molar-refractivity contribution in [1.82, 2.24) is 5.32 Å². The second-order valence-electron chi connectivity index (χ2n) is 10.3. The summed E-state index contributed by atoms with van der Waals surface area (Å²) in [7, 11) is 0. The number of allylic oxidation sites excluding steroid dienone is 1. The zero-order chi connectivity index (χ0) is 28.4. The van der Waals surface area contributed by atoms with Crippen molar-refractivity contribution in [2.75, 3.05) is 24.6 Å². The second kappa shape index (κ2) is 12.1. The predicted octanol–water partition coefficient (Wildman–Crippen LogP) is 2.77. The molecule has 1 amide bonds. The van der Waals surface area contributed by atoms with Gasteiger partial charge in [-0.2, -0.15) is 5.26 Å². The first-order valence-electron chi connectivity index (χ1n) is 13.4. The van der Waals surface area contributed by atoms with E-state index in [1.54, 1.807) is 6.92 Å². The lowest BCUT2D eigenvalue weighted by molar-refractivity contribution is -0.253. The summed E-state index contributed by atoms with van der Waals surface area (Å²) in [6.07, 6.45) is -2.22. The largest absolute Gasteiger partial charge is 0.394 e. The fraction of sp³-hybridized carbons (Fsp3) is 0.400. The van der Waals surface area contributed by atoms with E-state index in [1.807, 2.05) is 18.2 Å². The van der Waals surface area contributed by atoms with Crippen molar-refractivity contribution in [2.24, 2.45) is 0 Å². The summed E-state index contributed by atoms with van der Waals surface area (Å²) in [6.45, 7) is 3.24. The van der Waals surface area contributed by atoms with E-state index < -0.39 is 43.2 Å². The van der Waals surface area contributed by atoms with Gasteiger partial charge in [0.2, 0.25) is 0 Å². The SMILES string of the molecule is C/C(=C(/C#N)C(=O)N[C@H]1C(O)O[C@H](CO)[C@@H](O)[C@@H]1O)c1ccc(-c2ccc3cc(N4CCCCC4)ccc3c2)s1. The highest BCUT2D eigenvalue weighted by Crippen LogP contribution is 2.35. The summed E-state index contributed by atoms with van der Waals surface area (Å²) in [5.41, 5.74) is 2.54. The number of benzene rings is 2. The number of hydrogen-bond acceptors (Lipinski definition) is 9. The molecule has 0 spiro atoms. The average molecular weight is 564 g/mol. The second-order valence-corrected chi connectivity index (χ2v) is 11.4. The van der Waals surface area contributed by atoms with Gasteiger partial charge in [0.15, 0.2) is 6.29 Å². The molecular formula is C30H33N3O6S. The molecular weight excluding hydrogens is 530 g/mol. The minimum Gasteiger partial charge on any atom is -0.394 e. The molecule has 0 aliphatic carbocycles. The van der Waals surface area contributed by atoms with Crippen molar-refractivity contribution in [3.8, 4) is 16.5 Å². The number of nitrogens with zero attached hydrogens (tertiary/aromatic N) is 2. The number of nitrogens with one attached hydrogen (secondary N) is 1. The smallest absolute Gasteiger partial charge is 0.262 e. The highest BCUT2D eigenvalue weighted by Gasteiger charge is 2.44. The number of hydrogen-bond donors (Lipinski definition) is 5. The first kappa shape index (κ1) is 28.2. The molecule has 2 aliphatic rings. The van der Waals surface area contributed by atoms with Crippen LogP contribution in [0.1, 0.15) is 31.1 Å². The van der Waals surface area contributed by atoms with Crippen molar-refractivity contribution in [1.29, 1.82) is 5.26 Å². The van der Waals surface area contributed by atoms with Crippen LogP contribution in [0, 0.1) is 11.3 Å².